The quantitative estimate of drug-likeness (QED) is 0.783. The van der Waals surface area contributed by atoms with E-state index in [2.05, 4.69) is 66.6 Å². The molecule has 0 saturated carbocycles. The standard InChI is InChI=1S/C20H21NO/c1-21(18-8-4-3-5-9-18)19-13-11-16(12-14-19)17-7-6-10-20(15-17)22-2/h4,6-15H,3,5H2,1-2H3. The Kier molecular flexibility index (Phi) is 4.29. The second-order valence-electron chi connectivity index (χ2n) is 5.45. The van der Waals surface area contributed by atoms with Crippen LogP contribution >= 0.6 is 0 Å². The number of rotatable bonds is 4. The summed E-state index contributed by atoms with van der Waals surface area (Å²) in [5.41, 5.74) is 4.83. The predicted molar refractivity (Wildman–Crippen MR) is 93.3 cm³/mol. The average molecular weight is 291 g/mol. The highest BCUT2D eigenvalue weighted by molar-refractivity contribution is 5.68. The molecule has 2 heteroatoms. The third-order valence-corrected chi connectivity index (χ3v) is 4.02. The molecule has 3 rings (SSSR count). The van der Waals surface area contributed by atoms with Gasteiger partial charge in [-0.2, -0.15) is 0 Å². The van der Waals surface area contributed by atoms with Gasteiger partial charge >= 0.3 is 0 Å². The van der Waals surface area contributed by atoms with E-state index in [9.17, 15) is 0 Å². The Balaban J connectivity index is 1.83. The number of hydrogen-bond acceptors (Lipinski definition) is 2. The normalized spacial score (nSPS) is 13.6. The van der Waals surface area contributed by atoms with Crippen molar-refractivity contribution in [2.75, 3.05) is 19.1 Å². The maximum absolute atomic E-state index is 5.29. The lowest BCUT2D eigenvalue weighted by Crippen LogP contribution is -2.15. The fraction of sp³-hybridized carbons (Fsp3) is 0.200. The molecule has 22 heavy (non-hydrogen) atoms. The molecule has 0 N–H and O–H groups in total. The van der Waals surface area contributed by atoms with Crippen molar-refractivity contribution in [2.45, 2.75) is 12.8 Å². The Bertz CT molecular complexity index is 698. The van der Waals surface area contributed by atoms with Crippen LogP contribution in [-0.4, -0.2) is 14.2 Å². The highest BCUT2D eigenvalue weighted by Gasteiger charge is 2.07. The molecule has 0 saturated heterocycles. The predicted octanol–water partition coefficient (Wildman–Crippen LogP) is 5.03. The van der Waals surface area contributed by atoms with Crippen LogP contribution in [0, 0.1) is 0 Å². The van der Waals surface area contributed by atoms with Gasteiger partial charge in [-0.25, -0.2) is 0 Å². The molecule has 2 aromatic rings. The summed E-state index contributed by atoms with van der Waals surface area (Å²) in [4.78, 5) is 2.23. The van der Waals surface area contributed by atoms with Gasteiger partial charge in [0.25, 0.3) is 0 Å². The number of benzene rings is 2. The number of nitrogens with zero attached hydrogens (tertiary/aromatic N) is 1. The summed E-state index contributed by atoms with van der Waals surface area (Å²) in [6.07, 6.45) is 8.98. The first-order valence-electron chi connectivity index (χ1n) is 7.63. The average Bonchev–Trinajstić information content (AvgIpc) is 2.62. The molecule has 1 aliphatic rings. The van der Waals surface area contributed by atoms with Crippen LogP contribution in [0.25, 0.3) is 11.1 Å². The number of hydrogen-bond donors (Lipinski definition) is 0. The summed E-state index contributed by atoms with van der Waals surface area (Å²) >= 11 is 0. The lowest BCUT2D eigenvalue weighted by molar-refractivity contribution is 0.415. The fourth-order valence-corrected chi connectivity index (χ4v) is 2.68. The van der Waals surface area contributed by atoms with E-state index in [1.807, 2.05) is 12.1 Å². The first kappa shape index (κ1) is 14.5. The van der Waals surface area contributed by atoms with Crippen molar-refractivity contribution in [2.24, 2.45) is 0 Å². The molecule has 0 fully saturated rings. The molecule has 0 bridgehead atoms. The number of ether oxygens (including phenoxy) is 1. The maximum Gasteiger partial charge on any atom is 0.119 e. The summed E-state index contributed by atoms with van der Waals surface area (Å²) in [5, 5.41) is 0. The molecule has 0 unspecified atom stereocenters. The molecule has 112 valence electrons. The third-order valence-electron chi connectivity index (χ3n) is 4.02. The minimum atomic E-state index is 0.885. The van der Waals surface area contributed by atoms with Gasteiger partial charge in [0.2, 0.25) is 0 Å². The van der Waals surface area contributed by atoms with Gasteiger partial charge in [-0.05, 0) is 54.3 Å². The van der Waals surface area contributed by atoms with Crippen LogP contribution in [0.15, 0.2) is 72.5 Å². The van der Waals surface area contributed by atoms with Gasteiger partial charge < -0.3 is 9.64 Å². The van der Waals surface area contributed by atoms with Crippen molar-refractivity contribution in [3.05, 3.63) is 72.5 Å². The Morgan fingerprint density at radius 1 is 0.955 bits per heavy atom. The van der Waals surface area contributed by atoms with E-state index >= 15 is 0 Å². The molecular formula is C20H21NO. The van der Waals surface area contributed by atoms with E-state index in [-0.39, 0.29) is 0 Å². The number of methoxy groups -OCH3 is 1. The Hall–Kier alpha value is -2.48. The molecule has 0 aromatic heterocycles. The van der Waals surface area contributed by atoms with Crippen molar-refractivity contribution in [1.82, 2.24) is 0 Å². The zero-order valence-corrected chi connectivity index (χ0v) is 13.1. The van der Waals surface area contributed by atoms with Gasteiger partial charge in [0.05, 0.1) is 7.11 Å². The molecule has 1 aliphatic carbocycles. The first-order chi connectivity index (χ1) is 10.8. The number of likely N-dealkylation sites (N-methyl/N-ethyl adjacent to an activating group) is 1. The topological polar surface area (TPSA) is 12.5 Å². The number of anilines is 1. The van der Waals surface area contributed by atoms with Crippen LogP contribution in [-0.2, 0) is 0 Å². The van der Waals surface area contributed by atoms with Gasteiger partial charge in [-0.3, -0.25) is 0 Å². The van der Waals surface area contributed by atoms with Gasteiger partial charge in [-0.15, -0.1) is 0 Å². The molecule has 0 atom stereocenters. The van der Waals surface area contributed by atoms with E-state index in [0.717, 1.165) is 18.6 Å². The molecule has 2 aromatic carbocycles. The van der Waals surface area contributed by atoms with Gasteiger partial charge in [-0.1, -0.05) is 36.4 Å². The first-order valence-corrected chi connectivity index (χ1v) is 7.63. The molecule has 0 amide bonds. The highest BCUT2D eigenvalue weighted by atomic mass is 16.5. The monoisotopic (exact) mass is 291 g/mol. The Labute approximate surface area is 132 Å². The summed E-state index contributed by atoms with van der Waals surface area (Å²) in [7, 11) is 3.81. The van der Waals surface area contributed by atoms with E-state index < -0.39 is 0 Å². The lowest BCUT2D eigenvalue weighted by atomic mass is 10.0. The molecule has 0 spiro atoms. The molecule has 2 nitrogen and oxygen atoms in total. The Morgan fingerprint density at radius 3 is 2.45 bits per heavy atom. The fourth-order valence-electron chi connectivity index (χ4n) is 2.68. The molecule has 0 aliphatic heterocycles. The molecular weight excluding hydrogens is 270 g/mol. The van der Waals surface area contributed by atoms with Gasteiger partial charge in [0, 0.05) is 18.4 Å². The summed E-state index contributed by atoms with van der Waals surface area (Å²) in [6, 6.07) is 16.8. The molecule has 0 heterocycles. The van der Waals surface area contributed by atoms with Gasteiger partial charge in [0.1, 0.15) is 5.75 Å². The van der Waals surface area contributed by atoms with Crippen molar-refractivity contribution < 1.29 is 4.74 Å². The van der Waals surface area contributed by atoms with Crippen LogP contribution in [0.3, 0.4) is 0 Å². The summed E-state index contributed by atoms with van der Waals surface area (Å²) in [6.45, 7) is 0. The second-order valence-corrected chi connectivity index (χ2v) is 5.45. The zero-order chi connectivity index (χ0) is 15.4. The van der Waals surface area contributed by atoms with E-state index in [4.69, 9.17) is 4.74 Å². The van der Waals surface area contributed by atoms with E-state index in [1.54, 1.807) is 7.11 Å². The highest BCUT2D eigenvalue weighted by Crippen LogP contribution is 2.27. The van der Waals surface area contributed by atoms with Crippen LogP contribution in [0.2, 0.25) is 0 Å². The van der Waals surface area contributed by atoms with Gasteiger partial charge in [0.15, 0.2) is 0 Å². The van der Waals surface area contributed by atoms with Crippen LogP contribution in [0.1, 0.15) is 12.8 Å². The third kappa shape index (κ3) is 3.06. The Morgan fingerprint density at radius 2 is 1.77 bits per heavy atom. The second kappa shape index (κ2) is 6.52. The lowest BCUT2D eigenvalue weighted by Gasteiger charge is -2.22. The van der Waals surface area contributed by atoms with Crippen molar-refractivity contribution >= 4 is 5.69 Å². The van der Waals surface area contributed by atoms with E-state index in [1.165, 1.54) is 22.5 Å². The number of allylic oxidation sites excluding steroid dienone is 3. The minimum Gasteiger partial charge on any atom is -0.497 e. The maximum atomic E-state index is 5.29. The minimum absolute atomic E-state index is 0.885. The van der Waals surface area contributed by atoms with E-state index in [0.29, 0.717) is 0 Å². The van der Waals surface area contributed by atoms with Crippen LogP contribution in [0.5, 0.6) is 5.75 Å². The largest absolute Gasteiger partial charge is 0.497 e. The SMILES string of the molecule is COc1cccc(-c2ccc(N(C)C3=CCCC=C3)cc2)c1. The van der Waals surface area contributed by atoms with Crippen molar-refractivity contribution in [1.29, 1.82) is 0 Å². The van der Waals surface area contributed by atoms with Crippen LogP contribution < -0.4 is 9.64 Å². The smallest absolute Gasteiger partial charge is 0.119 e. The summed E-state index contributed by atoms with van der Waals surface area (Å²) in [5.74, 6) is 0.885. The van der Waals surface area contributed by atoms with Crippen molar-refractivity contribution in [3.63, 3.8) is 0 Å². The molecule has 0 radical (unpaired) electrons. The zero-order valence-electron chi connectivity index (χ0n) is 13.1. The van der Waals surface area contributed by atoms with Crippen molar-refractivity contribution in [3.8, 4) is 16.9 Å². The van der Waals surface area contributed by atoms with Crippen LogP contribution in [0.4, 0.5) is 5.69 Å². The summed E-state index contributed by atoms with van der Waals surface area (Å²) < 4.78 is 5.29.